The lowest BCUT2D eigenvalue weighted by molar-refractivity contribution is -0.292. The molecule has 0 amide bonds. The van der Waals surface area contributed by atoms with Gasteiger partial charge in [-0.3, -0.25) is 4.52 Å². The van der Waals surface area contributed by atoms with Crippen LogP contribution in [0.1, 0.15) is 0 Å². The lowest BCUT2D eigenvalue weighted by atomic mass is 9.97. The fourth-order valence-corrected chi connectivity index (χ4v) is 3.40. The van der Waals surface area contributed by atoms with E-state index in [0.29, 0.717) is 0 Å². The first-order valence-electron chi connectivity index (χ1n) is 7.97. The van der Waals surface area contributed by atoms with Gasteiger partial charge in [-0.25, -0.2) is 4.57 Å². The molecule has 2 fully saturated rings. The number of aliphatic hydroxyl groups is 5. The van der Waals surface area contributed by atoms with E-state index in [4.69, 9.17) is 35.5 Å². The minimum absolute atomic E-state index is 0.449. The largest absolute Gasteiger partial charge is 0.470 e. The number of rotatable bonds is 6. The van der Waals surface area contributed by atoms with E-state index in [0.717, 1.165) is 0 Å². The maximum Gasteiger partial charge on any atom is 0.470 e. The van der Waals surface area contributed by atoms with Gasteiger partial charge in [0.1, 0.15) is 36.6 Å². The molecule has 2 aliphatic heterocycles. The van der Waals surface area contributed by atoms with Crippen LogP contribution in [0.25, 0.3) is 0 Å². The Morgan fingerprint density at radius 2 is 1.56 bits per heavy atom. The van der Waals surface area contributed by atoms with Gasteiger partial charge in [0.25, 0.3) is 0 Å². The third kappa shape index (κ3) is 5.41. The maximum atomic E-state index is 11.0. The number of hydrogen-bond donors (Lipinski definition) is 9. The van der Waals surface area contributed by atoms with Crippen molar-refractivity contribution in [1.29, 1.82) is 0 Å². The number of ether oxygens (including phenoxy) is 3. The van der Waals surface area contributed by atoms with Crippen molar-refractivity contribution in [2.45, 2.75) is 61.3 Å². The van der Waals surface area contributed by atoms with Crippen molar-refractivity contribution in [2.75, 3.05) is 13.2 Å². The highest BCUT2D eigenvalue weighted by atomic mass is 31.2. The SMILES string of the molecule is N[C@@H]1[C@@H](O)[C@H](O)[C@@H](CO[C@@H]2O[C@H](CO)[C@@H](OP(=O)(O)O)[C@H](O)[C@H]2N)O[C@@H]1O. The van der Waals surface area contributed by atoms with Crippen molar-refractivity contribution < 1.29 is 58.6 Å². The Kier molecular flexibility index (Phi) is 7.68. The molecule has 11 N–H and O–H groups in total. The van der Waals surface area contributed by atoms with Gasteiger partial charge in [-0.15, -0.1) is 0 Å². The van der Waals surface area contributed by atoms with E-state index in [1.54, 1.807) is 0 Å². The van der Waals surface area contributed by atoms with Crippen LogP contribution >= 0.6 is 7.82 Å². The molecule has 10 atom stereocenters. The van der Waals surface area contributed by atoms with Gasteiger partial charge in [-0.1, -0.05) is 0 Å². The molecule has 2 heterocycles. The van der Waals surface area contributed by atoms with Crippen molar-refractivity contribution in [3.8, 4) is 0 Å². The molecule has 2 saturated heterocycles. The van der Waals surface area contributed by atoms with Crippen LogP contribution in [0.4, 0.5) is 0 Å². The number of phosphoric ester groups is 1. The second kappa shape index (κ2) is 9.02. The summed E-state index contributed by atoms with van der Waals surface area (Å²) in [5, 5.41) is 48.7. The number of hydrogen-bond acceptors (Lipinski definition) is 12. The van der Waals surface area contributed by atoms with Gasteiger partial charge in [0.2, 0.25) is 0 Å². The number of nitrogens with two attached hydrogens (primary N) is 2. The molecule has 0 radical (unpaired) electrons. The van der Waals surface area contributed by atoms with E-state index in [-0.39, 0.29) is 0 Å². The van der Waals surface area contributed by atoms with Crippen LogP contribution < -0.4 is 11.5 Å². The Balaban J connectivity index is 2.00. The quantitative estimate of drug-likeness (QED) is 0.182. The van der Waals surface area contributed by atoms with Gasteiger partial charge in [-0.2, -0.15) is 0 Å². The van der Waals surface area contributed by atoms with Crippen molar-refractivity contribution in [3.05, 3.63) is 0 Å². The second-order valence-corrected chi connectivity index (χ2v) is 7.50. The number of phosphoric acid groups is 1. The minimum Gasteiger partial charge on any atom is -0.394 e. The van der Waals surface area contributed by atoms with Crippen LogP contribution in [0, 0.1) is 0 Å². The van der Waals surface area contributed by atoms with E-state index >= 15 is 0 Å². The molecule has 0 saturated carbocycles. The Morgan fingerprint density at radius 1 is 0.926 bits per heavy atom. The van der Waals surface area contributed by atoms with Crippen LogP contribution in [0.3, 0.4) is 0 Å². The lowest BCUT2D eigenvalue weighted by Gasteiger charge is -2.43. The predicted molar refractivity (Wildman–Crippen MR) is 83.5 cm³/mol. The average Bonchev–Trinajstić information content (AvgIpc) is 2.59. The Hall–Kier alpha value is -0.290. The lowest BCUT2D eigenvalue weighted by Crippen LogP contribution is -2.64. The normalized spacial score (nSPS) is 46.4. The summed E-state index contributed by atoms with van der Waals surface area (Å²) in [5.74, 6) is 0. The summed E-state index contributed by atoms with van der Waals surface area (Å²) in [6, 6.07) is -2.57. The van der Waals surface area contributed by atoms with Crippen molar-refractivity contribution in [3.63, 3.8) is 0 Å². The molecule has 0 aliphatic carbocycles. The molecule has 2 aliphatic rings. The smallest absolute Gasteiger partial charge is 0.394 e. The molecular weight excluding hydrogens is 395 g/mol. The highest BCUT2D eigenvalue weighted by Crippen LogP contribution is 2.41. The van der Waals surface area contributed by atoms with Gasteiger partial charge in [0, 0.05) is 0 Å². The molecule has 0 unspecified atom stereocenters. The summed E-state index contributed by atoms with van der Waals surface area (Å²) < 4.78 is 31.0. The zero-order valence-electron chi connectivity index (χ0n) is 14.0. The molecule has 0 aromatic carbocycles. The molecule has 14 nitrogen and oxygen atoms in total. The summed E-state index contributed by atoms with van der Waals surface area (Å²) in [5.41, 5.74) is 11.2. The van der Waals surface area contributed by atoms with Gasteiger partial charge in [0.05, 0.1) is 25.3 Å². The Morgan fingerprint density at radius 3 is 2.11 bits per heavy atom. The Labute approximate surface area is 153 Å². The fourth-order valence-electron chi connectivity index (χ4n) is 2.82. The molecule has 0 spiro atoms. The molecular formula is C12H25N2O12P. The zero-order valence-corrected chi connectivity index (χ0v) is 14.9. The summed E-state index contributed by atoms with van der Waals surface area (Å²) >= 11 is 0. The van der Waals surface area contributed by atoms with Crippen LogP contribution in [0.5, 0.6) is 0 Å². The molecule has 2 rings (SSSR count). The minimum atomic E-state index is -5.00. The van der Waals surface area contributed by atoms with Crippen LogP contribution in [0.2, 0.25) is 0 Å². The molecule has 0 aromatic rings. The van der Waals surface area contributed by atoms with Gasteiger partial charge in [-0.05, 0) is 0 Å². The van der Waals surface area contributed by atoms with Crippen LogP contribution in [-0.4, -0.2) is 110 Å². The van der Waals surface area contributed by atoms with E-state index in [1.165, 1.54) is 0 Å². The van der Waals surface area contributed by atoms with E-state index in [9.17, 15) is 30.1 Å². The summed E-state index contributed by atoms with van der Waals surface area (Å²) in [7, 11) is -5.00. The molecule has 160 valence electrons. The van der Waals surface area contributed by atoms with E-state index < -0.39 is 82.3 Å². The Bertz CT molecular complexity index is 535. The first-order valence-corrected chi connectivity index (χ1v) is 9.50. The zero-order chi connectivity index (χ0) is 20.5. The standard InChI is InChI=1S/C12H25N2O12P/c13-5-8(17)7(16)4(24-11(5)19)2-23-12-6(14)9(18)10(3(1-15)25-12)26-27(20,21)22/h3-12,15-19H,1-2,13-14H2,(H2,20,21,22)/t3-,4-,5-,6-,7-,8-,9-,10-,11+,12-/m1/s1. The van der Waals surface area contributed by atoms with E-state index in [2.05, 4.69) is 4.52 Å². The molecule has 0 aromatic heterocycles. The summed E-state index contributed by atoms with van der Waals surface area (Å²) in [6.07, 6.45) is -11.8. The van der Waals surface area contributed by atoms with Gasteiger partial charge >= 0.3 is 7.82 Å². The highest BCUT2D eigenvalue weighted by Gasteiger charge is 2.48. The predicted octanol–water partition coefficient (Wildman–Crippen LogP) is -5.35. The fraction of sp³-hybridized carbons (Fsp3) is 1.00. The highest BCUT2D eigenvalue weighted by molar-refractivity contribution is 7.46. The van der Waals surface area contributed by atoms with Crippen LogP contribution in [-0.2, 0) is 23.3 Å². The third-order valence-electron chi connectivity index (χ3n) is 4.35. The maximum absolute atomic E-state index is 11.0. The van der Waals surface area contributed by atoms with E-state index in [1.807, 2.05) is 0 Å². The van der Waals surface area contributed by atoms with Gasteiger partial charge in [0.15, 0.2) is 12.6 Å². The van der Waals surface area contributed by atoms with Crippen molar-refractivity contribution in [2.24, 2.45) is 11.5 Å². The first kappa shape index (κ1) is 23.0. The first-order chi connectivity index (χ1) is 12.5. The van der Waals surface area contributed by atoms with Crippen LogP contribution in [0.15, 0.2) is 0 Å². The van der Waals surface area contributed by atoms with Crippen molar-refractivity contribution in [1.82, 2.24) is 0 Å². The van der Waals surface area contributed by atoms with Gasteiger partial charge < -0.3 is 61.0 Å². The number of aliphatic hydroxyl groups excluding tert-OH is 5. The van der Waals surface area contributed by atoms with Crippen molar-refractivity contribution >= 4 is 7.82 Å². The second-order valence-electron chi connectivity index (χ2n) is 6.31. The molecule has 15 heteroatoms. The molecule has 0 bridgehead atoms. The topological polar surface area (TPSA) is 248 Å². The molecule has 27 heavy (non-hydrogen) atoms. The third-order valence-corrected chi connectivity index (χ3v) is 4.87. The monoisotopic (exact) mass is 420 g/mol. The summed E-state index contributed by atoms with van der Waals surface area (Å²) in [4.78, 5) is 17.8. The average molecular weight is 420 g/mol. The summed E-state index contributed by atoms with van der Waals surface area (Å²) in [6.45, 7) is -1.22.